The average Bonchev–Trinajstić information content (AvgIpc) is 3.83. The van der Waals surface area contributed by atoms with Crippen LogP contribution in [0.2, 0.25) is 0 Å². The second-order valence-electron chi connectivity index (χ2n) is 21.7. The van der Waals surface area contributed by atoms with E-state index in [1.54, 1.807) is 0 Å². The molecule has 2 saturated heterocycles. The second-order valence-corrected chi connectivity index (χ2v) is 21.7. The number of hydrogen-bond acceptors (Lipinski definition) is 4. The van der Waals surface area contributed by atoms with Gasteiger partial charge in [0.2, 0.25) is 0 Å². The zero-order valence-corrected chi connectivity index (χ0v) is 42.1. The minimum absolute atomic E-state index is 0.480. The van der Waals surface area contributed by atoms with E-state index in [4.69, 9.17) is 18.6 Å². The SMILES string of the molecule is CCCCCCc1cccc(-c2cccc(C3(c4cccc(-c5cccc(CCCCCC)c5)c4)c4cc(B5OC(C)(C)C(C)(C)O5)ccc4-c4ccc(B5OC(C)(C)C(C)(C)O5)cc43)c2)c1. The highest BCUT2D eigenvalue weighted by molar-refractivity contribution is 6.62. The first-order valence-corrected chi connectivity index (χ1v) is 25.5. The van der Waals surface area contributed by atoms with E-state index < -0.39 is 42.1 Å². The van der Waals surface area contributed by atoms with E-state index in [1.165, 1.54) is 118 Å². The van der Waals surface area contributed by atoms with E-state index in [0.717, 1.165) is 23.8 Å². The molecule has 3 aliphatic rings. The fourth-order valence-electron chi connectivity index (χ4n) is 10.6. The molecule has 6 heteroatoms. The van der Waals surface area contributed by atoms with Crippen LogP contribution in [0.4, 0.5) is 0 Å². The van der Waals surface area contributed by atoms with Gasteiger partial charge in [-0.2, -0.15) is 0 Å². The van der Waals surface area contributed by atoms with Gasteiger partial charge in [0.1, 0.15) is 0 Å². The monoisotopic (exact) mass is 891 g/mol. The number of fused-ring (bicyclic) bond motifs is 3. The molecule has 0 aromatic heterocycles. The summed E-state index contributed by atoms with van der Waals surface area (Å²) in [5.41, 5.74) is 14.3. The second kappa shape index (κ2) is 18.7. The molecule has 0 amide bonds. The zero-order valence-electron chi connectivity index (χ0n) is 42.1. The van der Waals surface area contributed by atoms with Crippen molar-refractivity contribution < 1.29 is 18.6 Å². The quantitative estimate of drug-likeness (QED) is 0.0715. The minimum atomic E-state index is -0.745. The van der Waals surface area contributed by atoms with Gasteiger partial charge in [-0.25, -0.2) is 0 Å². The predicted octanol–water partition coefficient (Wildman–Crippen LogP) is 14.2. The van der Waals surface area contributed by atoms with Gasteiger partial charge >= 0.3 is 14.2 Å². The molecule has 6 aromatic carbocycles. The maximum absolute atomic E-state index is 6.80. The lowest BCUT2D eigenvalue weighted by atomic mass is 9.64. The van der Waals surface area contributed by atoms with E-state index in [2.05, 4.69) is 203 Å². The molecule has 0 saturated carbocycles. The summed E-state index contributed by atoms with van der Waals surface area (Å²) in [6.45, 7) is 21.6. The first-order chi connectivity index (χ1) is 32.1. The Morgan fingerprint density at radius 2 is 0.731 bits per heavy atom. The topological polar surface area (TPSA) is 36.9 Å². The molecule has 0 unspecified atom stereocenters. The van der Waals surface area contributed by atoms with Gasteiger partial charge in [0, 0.05) is 0 Å². The Hall–Kier alpha value is -4.71. The lowest BCUT2D eigenvalue weighted by Crippen LogP contribution is -2.41. The molecule has 0 spiro atoms. The van der Waals surface area contributed by atoms with E-state index >= 15 is 0 Å². The zero-order chi connectivity index (χ0) is 47.2. The van der Waals surface area contributed by atoms with Crippen molar-refractivity contribution >= 4 is 25.2 Å². The Morgan fingerprint density at radius 1 is 0.373 bits per heavy atom. The molecule has 2 heterocycles. The van der Waals surface area contributed by atoms with E-state index in [1.807, 2.05) is 0 Å². The molecule has 1 aliphatic carbocycles. The van der Waals surface area contributed by atoms with Gasteiger partial charge in [0.05, 0.1) is 27.8 Å². The fourth-order valence-corrected chi connectivity index (χ4v) is 10.6. The van der Waals surface area contributed by atoms with E-state index in [0.29, 0.717) is 0 Å². The third-order valence-electron chi connectivity index (χ3n) is 16.0. The van der Waals surface area contributed by atoms with Crippen LogP contribution < -0.4 is 10.9 Å². The predicted molar refractivity (Wildman–Crippen MR) is 282 cm³/mol. The summed E-state index contributed by atoms with van der Waals surface area (Å²) in [5.74, 6) is 0. The summed E-state index contributed by atoms with van der Waals surface area (Å²) in [4.78, 5) is 0. The Kier molecular flexibility index (Phi) is 13.2. The molecule has 9 rings (SSSR count). The Bertz CT molecular complexity index is 2510. The van der Waals surface area contributed by atoms with E-state index in [-0.39, 0.29) is 0 Å². The van der Waals surface area contributed by atoms with Gasteiger partial charge < -0.3 is 18.6 Å². The summed E-state index contributed by atoms with van der Waals surface area (Å²) in [5, 5.41) is 0. The maximum Gasteiger partial charge on any atom is 0.494 e. The Morgan fingerprint density at radius 3 is 1.10 bits per heavy atom. The van der Waals surface area contributed by atoms with Crippen LogP contribution >= 0.6 is 0 Å². The summed E-state index contributed by atoms with van der Waals surface area (Å²) in [6.07, 6.45) is 12.2. The fraction of sp³-hybridized carbons (Fsp3) is 0.410. The Balaban J connectivity index is 1.27. The normalized spacial score (nSPS) is 18.3. The van der Waals surface area contributed by atoms with Gasteiger partial charge in [-0.3, -0.25) is 0 Å². The third-order valence-corrected chi connectivity index (χ3v) is 16.0. The number of aryl methyl sites for hydroxylation is 2. The minimum Gasteiger partial charge on any atom is -0.399 e. The highest BCUT2D eigenvalue weighted by Crippen LogP contribution is 2.57. The largest absolute Gasteiger partial charge is 0.494 e. The molecular weight excluding hydrogens is 818 g/mol. The van der Waals surface area contributed by atoms with Gasteiger partial charge in [-0.1, -0.05) is 174 Å². The Labute approximate surface area is 403 Å². The van der Waals surface area contributed by atoms with Crippen LogP contribution in [-0.4, -0.2) is 36.6 Å². The molecule has 0 radical (unpaired) electrons. The molecule has 67 heavy (non-hydrogen) atoms. The van der Waals surface area contributed by atoms with Crippen molar-refractivity contribution in [3.63, 3.8) is 0 Å². The first kappa shape index (κ1) is 47.4. The van der Waals surface area contributed by atoms with Crippen LogP contribution in [0.25, 0.3) is 33.4 Å². The average molecular weight is 891 g/mol. The summed E-state index contributed by atoms with van der Waals surface area (Å²) >= 11 is 0. The van der Waals surface area contributed by atoms with Crippen LogP contribution in [-0.2, 0) is 36.9 Å². The summed E-state index contributed by atoms with van der Waals surface area (Å²) in [6, 6.07) is 51.0. The van der Waals surface area contributed by atoms with Crippen molar-refractivity contribution in [3.8, 4) is 33.4 Å². The van der Waals surface area contributed by atoms with Gasteiger partial charge in [-0.15, -0.1) is 0 Å². The molecule has 0 N–H and O–H groups in total. The highest BCUT2D eigenvalue weighted by Gasteiger charge is 2.55. The van der Waals surface area contributed by atoms with Crippen molar-refractivity contribution in [1.82, 2.24) is 0 Å². The van der Waals surface area contributed by atoms with Crippen LogP contribution in [0.3, 0.4) is 0 Å². The summed E-state index contributed by atoms with van der Waals surface area (Å²) in [7, 11) is -1.04. The lowest BCUT2D eigenvalue weighted by molar-refractivity contribution is 0.00578. The van der Waals surface area contributed by atoms with Crippen molar-refractivity contribution in [3.05, 3.63) is 167 Å². The first-order valence-electron chi connectivity index (χ1n) is 25.5. The third kappa shape index (κ3) is 8.93. The van der Waals surface area contributed by atoms with Crippen molar-refractivity contribution in [2.75, 3.05) is 0 Å². The smallest absolute Gasteiger partial charge is 0.399 e. The number of rotatable bonds is 16. The number of benzene rings is 6. The van der Waals surface area contributed by atoms with Crippen LogP contribution in [0, 0.1) is 0 Å². The standard InChI is InChI=1S/C61H72B2O4/c1-11-13-15-17-23-43-25-19-27-45(37-43)47-29-21-31-49(39-47)61(50-32-22-30-48(40-50)46-28-20-26-44(38-46)24-18-16-14-12-2)55-41-51(62-64-57(3,4)58(5,6)65-62)33-35-53(55)54-36-34-52(42-56(54)61)63-66-59(7,8)60(9,10)67-63/h19-22,25-42H,11-18,23-24H2,1-10H3. The van der Waals surface area contributed by atoms with Gasteiger partial charge in [0.15, 0.2) is 0 Å². The van der Waals surface area contributed by atoms with Crippen LogP contribution in [0.5, 0.6) is 0 Å². The van der Waals surface area contributed by atoms with Crippen molar-refractivity contribution in [2.45, 2.75) is 161 Å². The van der Waals surface area contributed by atoms with E-state index in [9.17, 15) is 0 Å². The molecule has 4 nitrogen and oxygen atoms in total. The molecule has 2 fully saturated rings. The van der Waals surface area contributed by atoms with Crippen molar-refractivity contribution in [1.29, 1.82) is 0 Å². The van der Waals surface area contributed by atoms with Crippen molar-refractivity contribution in [2.24, 2.45) is 0 Å². The maximum atomic E-state index is 6.80. The lowest BCUT2D eigenvalue weighted by Gasteiger charge is -2.35. The highest BCUT2D eigenvalue weighted by atomic mass is 16.7. The number of hydrogen-bond donors (Lipinski definition) is 0. The molecular formula is C61H72B2O4. The summed E-state index contributed by atoms with van der Waals surface area (Å²) < 4.78 is 27.2. The molecule has 6 aromatic rings. The molecule has 2 aliphatic heterocycles. The molecule has 0 bridgehead atoms. The van der Waals surface area contributed by atoms with Gasteiger partial charge in [-0.05, 0) is 171 Å². The molecule has 346 valence electrons. The molecule has 0 atom stereocenters. The van der Waals surface area contributed by atoms with Crippen LogP contribution in [0.15, 0.2) is 133 Å². The number of unbranched alkanes of at least 4 members (excludes halogenated alkanes) is 6. The van der Waals surface area contributed by atoms with Crippen LogP contribution in [0.1, 0.15) is 154 Å². The van der Waals surface area contributed by atoms with Gasteiger partial charge in [0.25, 0.3) is 0 Å².